The third-order valence-corrected chi connectivity index (χ3v) is 2.25. The standard InChI is InChI=1S/C11H18N4O2/c1-8(2)15(7-10(16)17)9-5-6-12-11(13-9)14(3)4/h5-6,8H,7H2,1-4H3,(H,16,17). The van der Waals surface area contributed by atoms with Crippen LogP contribution in [0.1, 0.15) is 13.8 Å². The van der Waals surface area contributed by atoms with E-state index in [9.17, 15) is 4.79 Å². The first kappa shape index (κ1) is 13.2. The molecule has 0 atom stereocenters. The SMILES string of the molecule is CC(C)N(CC(=O)O)c1ccnc(N(C)C)n1. The normalized spacial score (nSPS) is 10.4. The maximum absolute atomic E-state index is 10.8. The van der Waals surface area contributed by atoms with Crippen LogP contribution < -0.4 is 9.80 Å². The predicted octanol–water partition coefficient (Wildman–Crippen LogP) is 0.842. The van der Waals surface area contributed by atoms with E-state index in [4.69, 9.17) is 5.11 Å². The van der Waals surface area contributed by atoms with E-state index in [1.807, 2.05) is 27.9 Å². The average Bonchev–Trinajstić information content (AvgIpc) is 2.25. The molecular formula is C11H18N4O2. The molecule has 0 saturated carbocycles. The molecule has 17 heavy (non-hydrogen) atoms. The van der Waals surface area contributed by atoms with Crippen LogP contribution in [0.3, 0.4) is 0 Å². The molecule has 6 nitrogen and oxygen atoms in total. The molecular weight excluding hydrogens is 220 g/mol. The van der Waals surface area contributed by atoms with Gasteiger partial charge < -0.3 is 14.9 Å². The van der Waals surface area contributed by atoms with Crippen molar-refractivity contribution in [3.63, 3.8) is 0 Å². The molecule has 0 aromatic carbocycles. The van der Waals surface area contributed by atoms with E-state index in [1.54, 1.807) is 22.1 Å². The summed E-state index contributed by atoms with van der Waals surface area (Å²) >= 11 is 0. The van der Waals surface area contributed by atoms with Crippen LogP contribution in [0.25, 0.3) is 0 Å². The van der Waals surface area contributed by atoms with Gasteiger partial charge in [0.15, 0.2) is 0 Å². The van der Waals surface area contributed by atoms with Gasteiger partial charge in [0.05, 0.1) is 0 Å². The Morgan fingerprint density at radius 3 is 2.59 bits per heavy atom. The monoisotopic (exact) mass is 238 g/mol. The first-order valence-electron chi connectivity index (χ1n) is 5.40. The Labute approximate surface area is 101 Å². The summed E-state index contributed by atoms with van der Waals surface area (Å²) in [7, 11) is 3.69. The van der Waals surface area contributed by atoms with Crippen LogP contribution >= 0.6 is 0 Å². The number of rotatable bonds is 5. The Morgan fingerprint density at radius 1 is 1.47 bits per heavy atom. The van der Waals surface area contributed by atoms with E-state index >= 15 is 0 Å². The molecule has 0 bridgehead atoms. The molecule has 1 rings (SSSR count). The number of nitrogens with zero attached hydrogens (tertiary/aromatic N) is 4. The van der Waals surface area contributed by atoms with Gasteiger partial charge in [0, 0.05) is 26.3 Å². The van der Waals surface area contributed by atoms with Crippen LogP contribution in [-0.2, 0) is 4.79 Å². The van der Waals surface area contributed by atoms with Gasteiger partial charge in [-0.1, -0.05) is 0 Å². The zero-order valence-corrected chi connectivity index (χ0v) is 10.6. The van der Waals surface area contributed by atoms with Crippen molar-refractivity contribution in [2.45, 2.75) is 19.9 Å². The lowest BCUT2D eigenvalue weighted by atomic mass is 10.3. The minimum absolute atomic E-state index is 0.0658. The first-order valence-corrected chi connectivity index (χ1v) is 5.40. The molecule has 0 aliphatic carbocycles. The Balaban J connectivity index is 3.01. The molecule has 0 spiro atoms. The van der Waals surface area contributed by atoms with Crippen molar-refractivity contribution in [3.8, 4) is 0 Å². The van der Waals surface area contributed by atoms with Crippen molar-refractivity contribution in [1.29, 1.82) is 0 Å². The summed E-state index contributed by atoms with van der Waals surface area (Å²) < 4.78 is 0. The van der Waals surface area contributed by atoms with Gasteiger partial charge in [-0.2, -0.15) is 4.98 Å². The largest absolute Gasteiger partial charge is 0.480 e. The molecule has 6 heteroatoms. The minimum atomic E-state index is -0.872. The van der Waals surface area contributed by atoms with Crippen molar-refractivity contribution in [2.75, 3.05) is 30.4 Å². The smallest absolute Gasteiger partial charge is 0.323 e. The average molecular weight is 238 g/mol. The summed E-state index contributed by atoms with van der Waals surface area (Å²) in [6.45, 7) is 3.79. The fraction of sp³-hybridized carbons (Fsp3) is 0.545. The lowest BCUT2D eigenvalue weighted by molar-refractivity contribution is -0.135. The molecule has 0 aliphatic rings. The molecule has 1 aromatic rings. The Kier molecular flexibility index (Phi) is 4.25. The number of hydrogen-bond donors (Lipinski definition) is 1. The zero-order chi connectivity index (χ0) is 13.0. The third kappa shape index (κ3) is 3.58. The van der Waals surface area contributed by atoms with Crippen molar-refractivity contribution in [2.24, 2.45) is 0 Å². The molecule has 1 N–H and O–H groups in total. The molecule has 0 fully saturated rings. The maximum atomic E-state index is 10.8. The highest BCUT2D eigenvalue weighted by atomic mass is 16.4. The van der Waals surface area contributed by atoms with Gasteiger partial charge in [-0.15, -0.1) is 0 Å². The predicted molar refractivity (Wildman–Crippen MR) is 66.5 cm³/mol. The summed E-state index contributed by atoms with van der Waals surface area (Å²) in [6, 6.07) is 1.78. The van der Waals surface area contributed by atoms with Crippen LogP contribution in [0.2, 0.25) is 0 Å². The van der Waals surface area contributed by atoms with Gasteiger partial charge in [-0.25, -0.2) is 4.98 Å². The number of anilines is 2. The van der Waals surface area contributed by atoms with Crippen molar-refractivity contribution in [1.82, 2.24) is 9.97 Å². The number of aromatic nitrogens is 2. The van der Waals surface area contributed by atoms with E-state index in [2.05, 4.69) is 9.97 Å². The van der Waals surface area contributed by atoms with Crippen LogP contribution in [-0.4, -0.2) is 47.7 Å². The summed E-state index contributed by atoms with van der Waals surface area (Å²) in [4.78, 5) is 22.7. The van der Waals surface area contributed by atoms with Crippen molar-refractivity contribution >= 4 is 17.7 Å². The van der Waals surface area contributed by atoms with E-state index in [0.29, 0.717) is 11.8 Å². The lowest BCUT2D eigenvalue weighted by Gasteiger charge is -2.26. The molecule has 0 radical (unpaired) electrons. The van der Waals surface area contributed by atoms with Crippen LogP contribution in [0, 0.1) is 0 Å². The highest BCUT2D eigenvalue weighted by Crippen LogP contribution is 2.15. The van der Waals surface area contributed by atoms with Gasteiger partial charge >= 0.3 is 5.97 Å². The first-order chi connectivity index (χ1) is 7.91. The molecule has 1 heterocycles. The second kappa shape index (κ2) is 5.47. The lowest BCUT2D eigenvalue weighted by Crippen LogP contribution is -2.36. The topological polar surface area (TPSA) is 69.6 Å². The number of aliphatic carboxylic acids is 1. The molecule has 0 aliphatic heterocycles. The van der Waals surface area contributed by atoms with Crippen molar-refractivity contribution in [3.05, 3.63) is 12.3 Å². The molecule has 94 valence electrons. The van der Waals surface area contributed by atoms with Gasteiger partial charge in [-0.05, 0) is 19.9 Å². The Morgan fingerprint density at radius 2 is 2.12 bits per heavy atom. The van der Waals surface area contributed by atoms with Gasteiger partial charge in [-0.3, -0.25) is 4.79 Å². The van der Waals surface area contributed by atoms with Gasteiger partial charge in [0.25, 0.3) is 0 Å². The summed E-state index contributed by atoms with van der Waals surface area (Å²) in [5.74, 6) is 0.323. The Hall–Kier alpha value is -1.85. The fourth-order valence-electron chi connectivity index (χ4n) is 1.39. The van der Waals surface area contributed by atoms with Gasteiger partial charge in [0.1, 0.15) is 12.4 Å². The second-order valence-corrected chi connectivity index (χ2v) is 4.22. The summed E-state index contributed by atoms with van der Waals surface area (Å²) in [5, 5.41) is 8.88. The number of carbonyl (C=O) groups is 1. The van der Waals surface area contributed by atoms with Crippen LogP contribution in [0.15, 0.2) is 12.3 Å². The molecule has 1 aromatic heterocycles. The minimum Gasteiger partial charge on any atom is -0.480 e. The van der Waals surface area contributed by atoms with Gasteiger partial charge in [0.2, 0.25) is 5.95 Å². The van der Waals surface area contributed by atoms with E-state index in [-0.39, 0.29) is 12.6 Å². The van der Waals surface area contributed by atoms with Crippen LogP contribution in [0.5, 0.6) is 0 Å². The highest BCUT2D eigenvalue weighted by Gasteiger charge is 2.16. The fourth-order valence-corrected chi connectivity index (χ4v) is 1.39. The Bertz CT molecular complexity index is 393. The quantitative estimate of drug-likeness (QED) is 0.819. The number of hydrogen-bond acceptors (Lipinski definition) is 5. The highest BCUT2D eigenvalue weighted by molar-refractivity contribution is 5.73. The second-order valence-electron chi connectivity index (χ2n) is 4.22. The summed E-state index contributed by atoms with van der Waals surface area (Å²) in [5.41, 5.74) is 0. The molecule has 0 saturated heterocycles. The van der Waals surface area contributed by atoms with Crippen molar-refractivity contribution < 1.29 is 9.90 Å². The molecule has 0 amide bonds. The number of carboxylic acids is 1. The van der Waals surface area contributed by atoms with Crippen LogP contribution in [0.4, 0.5) is 11.8 Å². The van der Waals surface area contributed by atoms with E-state index in [1.165, 1.54) is 0 Å². The number of carboxylic acid groups (broad SMARTS) is 1. The van der Waals surface area contributed by atoms with E-state index in [0.717, 1.165) is 0 Å². The summed E-state index contributed by atoms with van der Waals surface area (Å²) in [6.07, 6.45) is 1.63. The molecule has 0 unspecified atom stereocenters. The third-order valence-electron chi connectivity index (χ3n) is 2.25. The van der Waals surface area contributed by atoms with E-state index < -0.39 is 5.97 Å². The maximum Gasteiger partial charge on any atom is 0.323 e. The zero-order valence-electron chi connectivity index (χ0n) is 10.6.